The molecule has 1 aliphatic rings. The van der Waals surface area contributed by atoms with E-state index in [1.54, 1.807) is 4.90 Å². The van der Waals surface area contributed by atoms with Gasteiger partial charge in [0, 0.05) is 31.3 Å². The Morgan fingerprint density at radius 3 is 2.67 bits per heavy atom. The van der Waals surface area contributed by atoms with E-state index in [2.05, 4.69) is 10.2 Å². The van der Waals surface area contributed by atoms with Crippen LogP contribution in [0.15, 0.2) is 18.2 Å². The minimum Gasteiger partial charge on any atom is -0.331 e. The zero-order valence-corrected chi connectivity index (χ0v) is 14.9. The lowest BCUT2D eigenvalue weighted by Crippen LogP contribution is -2.42. The number of nitrogens with zero attached hydrogens (tertiary/aromatic N) is 2. The number of halogens is 2. The van der Waals surface area contributed by atoms with Crippen molar-refractivity contribution in [3.05, 3.63) is 35.4 Å². The fourth-order valence-electron chi connectivity index (χ4n) is 3.26. The summed E-state index contributed by atoms with van der Waals surface area (Å²) in [7, 11) is 4.05. The summed E-state index contributed by atoms with van der Waals surface area (Å²) in [5.41, 5.74) is 0.323. The topological polar surface area (TPSA) is 35.6 Å². The monoisotopic (exact) mass is 339 g/mol. The molecule has 0 saturated carbocycles. The minimum atomic E-state index is -0.624. The van der Waals surface area contributed by atoms with Crippen LogP contribution in [0.2, 0.25) is 0 Å². The van der Waals surface area contributed by atoms with E-state index in [0.29, 0.717) is 24.6 Å². The van der Waals surface area contributed by atoms with E-state index >= 15 is 0 Å². The van der Waals surface area contributed by atoms with Crippen LogP contribution >= 0.6 is 0 Å². The van der Waals surface area contributed by atoms with Crippen molar-refractivity contribution in [1.29, 1.82) is 0 Å². The van der Waals surface area contributed by atoms with E-state index in [9.17, 15) is 13.6 Å². The van der Waals surface area contributed by atoms with Crippen LogP contribution in [0.4, 0.5) is 13.6 Å². The quantitative estimate of drug-likeness (QED) is 0.894. The molecular formula is C18H27F2N3O. The maximum Gasteiger partial charge on any atom is 0.317 e. The number of nitrogens with one attached hydrogen (secondary N) is 1. The Kier molecular flexibility index (Phi) is 6.15. The number of rotatable bonds is 5. The van der Waals surface area contributed by atoms with Crippen molar-refractivity contribution in [3.8, 4) is 0 Å². The molecule has 2 atom stereocenters. The van der Waals surface area contributed by atoms with Gasteiger partial charge in [-0.25, -0.2) is 13.6 Å². The molecule has 0 radical (unpaired) electrons. The van der Waals surface area contributed by atoms with Gasteiger partial charge in [-0.2, -0.15) is 0 Å². The lowest BCUT2D eigenvalue weighted by atomic mass is 9.95. The summed E-state index contributed by atoms with van der Waals surface area (Å²) in [5.74, 6) is -0.781. The normalized spacial score (nSPS) is 19.2. The van der Waals surface area contributed by atoms with Crippen molar-refractivity contribution in [3.63, 3.8) is 0 Å². The van der Waals surface area contributed by atoms with E-state index in [1.165, 1.54) is 12.1 Å². The molecule has 2 amide bonds. The van der Waals surface area contributed by atoms with E-state index in [1.807, 2.05) is 27.9 Å². The van der Waals surface area contributed by atoms with Gasteiger partial charge in [0.15, 0.2) is 0 Å². The summed E-state index contributed by atoms with van der Waals surface area (Å²) in [4.78, 5) is 16.5. The van der Waals surface area contributed by atoms with Gasteiger partial charge in [0.1, 0.15) is 11.6 Å². The van der Waals surface area contributed by atoms with Crippen molar-refractivity contribution in [2.75, 3.05) is 33.7 Å². The molecule has 1 aromatic carbocycles. The smallest absolute Gasteiger partial charge is 0.317 e. The first-order valence-electron chi connectivity index (χ1n) is 8.43. The fourth-order valence-corrected chi connectivity index (χ4v) is 3.26. The molecule has 0 aromatic heterocycles. The first kappa shape index (κ1) is 18.6. The highest BCUT2D eigenvalue weighted by molar-refractivity contribution is 5.75. The molecule has 0 bridgehead atoms. The molecule has 1 N–H and O–H groups in total. The van der Waals surface area contributed by atoms with Crippen LogP contribution < -0.4 is 5.32 Å². The molecule has 6 heteroatoms. The third-order valence-corrected chi connectivity index (χ3v) is 4.44. The summed E-state index contributed by atoms with van der Waals surface area (Å²) in [6, 6.07) is 2.83. The van der Waals surface area contributed by atoms with Gasteiger partial charge in [0.2, 0.25) is 0 Å². The van der Waals surface area contributed by atoms with Crippen LogP contribution in [-0.2, 0) is 0 Å². The molecule has 0 spiro atoms. The lowest BCUT2D eigenvalue weighted by molar-refractivity contribution is 0.197. The number of urea groups is 1. The van der Waals surface area contributed by atoms with Crippen molar-refractivity contribution in [2.45, 2.75) is 26.3 Å². The molecule has 1 fully saturated rings. The van der Waals surface area contributed by atoms with E-state index in [4.69, 9.17) is 0 Å². The van der Waals surface area contributed by atoms with Crippen LogP contribution in [0.5, 0.6) is 0 Å². The Morgan fingerprint density at radius 2 is 2.08 bits per heavy atom. The number of benzene rings is 1. The summed E-state index contributed by atoms with van der Waals surface area (Å²) in [6.45, 7) is 6.19. The third kappa shape index (κ3) is 4.66. The van der Waals surface area contributed by atoms with E-state index < -0.39 is 17.7 Å². The van der Waals surface area contributed by atoms with Gasteiger partial charge >= 0.3 is 6.03 Å². The maximum absolute atomic E-state index is 14.1. The zero-order valence-electron chi connectivity index (χ0n) is 14.9. The van der Waals surface area contributed by atoms with Crippen LogP contribution in [0, 0.1) is 23.5 Å². The Labute approximate surface area is 142 Å². The van der Waals surface area contributed by atoms with E-state index in [-0.39, 0.29) is 11.9 Å². The lowest BCUT2D eigenvalue weighted by Gasteiger charge is -2.27. The fraction of sp³-hybridized carbons (Fsp3) is 0.611. The average Bonchev–Trinajstić information content (AvgIpc) is 2.92. The molecule has 1 saturated heterocycles. The molecule has 1 aliphatic heterocycles. The largest absolute Gasteiger partial charge is 0.331 e. The van der Waals surface area contributed by atoms with Crippen molar-refractivity contribution in [2.24, 2.45) is 11.8 Å². The second-order valence-corrected chi connectivity index (χ2v) is 7.20. The van der Waals surface area contributed by atoms with Crippen LogP contribution in [0.3, 0.4) is 0 Å². The zero-order chi connectivity index (χ0) is 17.9. The number of hydrogen-bond donors (Lipinski definition) is 1. The van der Waals surface area contributed by atoms with Gasteiger partial charge in [-0.05, 0) is 38.4 Å². The van der Waals surface area contributed by atoms with Gasteiger partial charge in [0.05, 0.1) is 6.04 Å². The Morgan fingerprint density at radius 1 is 1.38 bits per heavy atom. The number of carbonyl (C=O) groups is 1. The second-order valence-electron chi connectivity index (χ2n) is 7.20. The van der Waals surface area contributed by atoms with Gasteiger partial charge in [-0.3, -0.25) is 0 Å². The molecule has 2 rings (SSSR count). The summed E-state index contributed by atoms with van der Waals surface area (Å²) in [6.07, 6.45) is 0.975. The average molecular weight is 339 g/mol. The molecule has 4 nitrogen and oxygen atoms in total. The Hall–Kier alpha value is -1.69. The highest BCUT2D eigenvalue weighted by Gasteiger charge is 2.29. The SMILES string of the molecule is CC(C)[C@H](NC(=O)N1CC[C@H](CN(C)C)C1)c1ccc(F)cc1F. The first-order valence-corrected chi connectivity index (χ1v) is 8.43. The van der Waals surface area contributed by atoms with Crippen LogP contribution in [0.1, 0.15) is 31.9 Å². The number of likely N-dealkylation sites (tertiary alicyclic amines) is 1. The minimum absolute atomic E-state index is 0.00548. The molecule has 0 aliphatic carbocycles. The highest BCUT2D eigenvalue weighted by atomic mass is 19.1. The molecular weight excluding hydrogens is 312 g/mol. The predicted octanol–water partition coefficient (Wildman–Crippen LogP) is 3.26. The van der Waals surface area contributed by atoms with Crippen LogP contribution in [0.25, 0.3) is 0 Å². The maximum atomic E-state index is 14.1. The summed E-state index contributed by atoms with van der Waals surface area (Å²) in [5, 5.41) is 2.92. The molecule has 134 valence electrons. The molecule has 1 aromatic rings. The number of carbonyl (C=O) groups excluding carboxylic acids is 1. The molecule has 0 unspecified atom stereocenters. The van der Waals surface area contributed by atoms with Gasteiger partial charge < -0.3 is 15.1 Å². The molecule has 1 heterocycles. The second kappa shape index (κ2) is 7.92. The van der Waals surface area contributed by atoms with Crippen molar-refractivity contribution in [1.82, 2.24) is 15.1 Å². The van der Waals surface area contributed by atoms with Gasteiger partial charge in [-0.1, -0.05) is 19.9 Å². The van der Waals surface area contributed by atoms with Crippen molar-refractivity contribution < 1.29 is 13.6 Å². The van der Waals surface area contributed by atoms with Gasteiger partial charge in [0.25, 0.3) is 0 Å². The predicted molar refractivity (Wildman–Crippen MR) is 90.7 cm³/mol. The van der Waals surface area contributed by atoms with Crippen molar-refractivity contribution >= 4 is 6.03 Å². The number of amides is 2. The van der Waals surface area contributed by atoms with E-state index in [0.717, 1.165) is 19.0 Å². The Balaban J connectivity index is 2.04. The summed E-state index contributed by atoms with van der Waals surface area (Å²) >= 11 is 0. The van der Waals surface area contributed by atoms with Gasteiger partial charge in [-0.15, -0.1) is 0 Å². The first-order chi connectivity index (χ1) is 11.3. The van der Waals surface area contributed by atoms with Crippen LogP contribution in [-0.4, -0.2) is 49.6 Å². The Bertz CT molecular complexity index is 577. The third-order valence-electron chi connectivity index (χ3n) is 4.44. The molecule has 24 heavy (non-hydrogen) atoms. The number of hydrogen-bond acceptors (Lipinski definition) is 2. The highest BCUT2D eigenvalue weighted by Crippen LogP contribution is 2.26. The standard InChI is InChI=1S/C18H27F2N3O/c1-12(2)17(15-6-5-14(19)9-16(15)20)21-18(24)23-8-7-13(11-23)10-22(3)4/h5-6,9,12-13,17H,7-8,10-11H2,1-4H3,(H,21,24)/t13-,17+/m1/s1. The summed E-state index contributed by atoms with van der Waals surface area (Å²) < 4.78 is 27.2.